The Labute approximate surface area is 69.3 Å². The summed E-state index contributed by atoms with van der Waals surface area (Å²) < 4.78 is 4.49. The minimum atomic E-state index is 0.516. The van der Waals surface area contributed by atoms with Crippen molar-refractivity contribution in [1.29, 1.82) is 0 Å². The molecule has 0 aliphatic carbocycles. The third kappa shape index (κ3) is 1.18. The second-order valence-electron chi connectivity index (χ2n) is 2.40. The fourth-order valence-corrected chi connectivity index (χ4v) is 0.865. The monoisotopic (exact) mass is 160 g/mol. The highest BCUT2D eigenvalue weighted by Crippen LogP contribution is 2.11. The van der Waals surface area contributed by atoms with Gasteiger partial charge in [0.2, 0.25) is 5.82 Å². The predicted molar refractivity (Wildman–Crippen MR) is 41.1 cm³/mol. The molecule has 1 radical (unpaired) electrons. The van der Waals surface area contributed by atoms with Crippen molar-refractivity contribution in [3.8, 4) is 11.4 Å². The highest BCUT2D eigenvalue weighted by Gasteiger charge is 2.01. The number of rotatable bonds is 1. The van der Waals surface area contributed by atoms with Crippen molar-refractivity contribution < 1.29 is 4.52 Å². The van der Waals surface area contributed by atoms with Gasteiger partial charge in [0.25, 0.3) is 0 Å². The maximum Gasteiger partial charge on any atom is 0.316 e. The van der Waals surface area contributed by atoms with E-state index in [-0.39, 0.29) is 0 Å². The summed E-state index contributed by atoms with van der Waals surface area (Å²) in [4.78, 5) is 7.87. The van der Waals surface area contributed by atoms with Crippen LogP contribution < -0.4 is 0 Å². The minimum Gasteiger partial charge on any atom is -0.328 e. The lowest BCUT2D eigenvalue weighted by atomic mass is 10.2. The molecule has 2 aromatic heterocycles. The Morgan fingerprint density at radius 3 is 2.92 bits per heavy atom. The van der Waals surface area contributed by atoms with Crippen molar-refractivity contribution in [2.75, 3.05) is 0 Å². The van der Waals surface area contributed by atoms with Crippen molar-refractivity contribution in [2.45, 2.75) is 6.92 Å². The maximum atomic E-state index is 4.49. The molecule has 0 aliphatic rings. The molecule has 0 saturated heterocycles. The van der Waals surface area contributed by atoms with Gasteiger partial charge in [-0.15, -0.1) is 0 Å². The largest absolute Gasteiger partial charge is 0.328 e. The average Bonchev–Trinajstić information content (AvgIpc) is 2.58. The predicted octanol–water partition coefficient (Wildman–Crippen LogP) is 1.24. The van der Waals surface area contributed by atoms with Crippen LogP contribution in [-0.4, -0.2) is 15.1 Å². The summed E-state index contributed by atoms with van der Waals surface area (Å²) in [5.74, 6) is 0.516. The minimum absolute atomic E-state index is 0.516. The molecule has 2 rings (SSSR count). The third-order valence-corrected chi connectivity index (χ3v) is 1.49. The molecule has 12 heavy (non-hydrogen) atoms. The first-order valence-corrected chi connectivity index (χ1v) is 3.49. The Hall–Kier alpha value is -1.71. The van der Waals surface area contributed by atoms with E-state index in [1.54, 1.807) is 6.20 Å². The Morgan fingerprint density at radius 1 is 1.42 bits per heavy atom. The molecule has 4 nitrogen and oxygen atoms in total. The van der Waals surface area contributed by atoms with E-state index in [4.69, 9.17) is 0 Å². The molecule has 0 spiro atoms. The second kappa shape index (κ2) is 2.73. The van der Waals surface area contributed by atoms with Crippen LogP contribution in [0.2, 0.25) is 0 Å². The molecule has 0 saturated carbocycles. The molecule has 0 fully saturated rings. The van der Waals surface area contributed by atoms with Gasteiger partial charge in [0.1, 0.15) is 0 Å². The van der Waals surface area contributed by atoms with Gasteiger partial charge >= 0.3 is 6.39 Å². The fourth-order valence-electron chi connectivity index (χ4n) is 0.865. The molecule has 2 aromatic rings. The number of pyridine rings is 1. The van der Waals surface area contributed by atoms with E-state index in [0.29, 0.717) is 5.82 Å². The van der Waals surface area contributed by atoms with Crippen LogP contribution in [0.15, 0.2) is 22.9 Å². The zero-order valence-corrected chi connectivity index (χ0v) is 6.48. The van der Waals surface area contributed by atoms with Crippen LogP contribution in [0.4, 0.5) is 0 Å². The quantitative estimate of drug-likeness (QED) is 0.629. The van der Waals surface area contributed by atoms with E-state index in [1.165, 1.54) is 0 Å². The Bertz CT molecular complexity index is 352. The van der Waals surface area contributed by atoms with E-state index < -0.39 is 0 Å². The lowest BCUT2D eigenvalue weighted by molar-refractivity contribution is 0.411. The van der Waals surface area contributed by atoms with Crippen LogP contribution in [0.3, 0.4) is 0 Å². The van der Waals surface area contributed by atoms with Crippen molar-refractivity contribution in [3.05, 3.63) is 30.4 Å². The third-order valence-electron chi connectivity index (χ3n) is 1.49. The first kappa shape index (κ1) is 6.97. The van der Waals surface area contributed by atoms with Crippen LogP contribution in [0.5, 0.6) is 0 Å². The van der Waals surface area contributed by atoms with Gasteiger partial charge < -0.3 is 4.52 Å². The highest BCUT2D eigenvalue weighted by molar-refractivity contribution is 5.51. The van der Waals surface area contributed by atoms with E-state index in [1.807, 2.05) is 19.1 Å². The number of hydrogen-bond acceptors (Lipinski definition) is 4. The molecule has 0 aliphatic heterocycles. The van der Waals surface area contributed by atoms with Crippen molar-refractivity contribution in [2.24, 2.45) is 0 Å². The molecule has 0 N–H and O–H groups in total. The molecule has 0 aromatic carbocycles. The molecule has 2 heterocycles. The molecular formula is C8H6N3O. The zero-order valence-electron chi connectivity index (χ0n) is 6.48. The van der Waals surface area contributed by atoms with Crippen LogP contribution in [-0.2, 0) is 0 Å². The maximum absolute atomic E-state index is 4.49. The molecule has 0 atom stereocenters. The molecule has 0 bridgehead atoms. The summed E-state index contributed by atoms with van der Waals surface area (Å²) >= 11 is 0. The highest BCUT2D eigenvalue weighted by atomic mass is 16.5. The Morgan fingerprint density at radius 2 is 2.33 bits per heavy atom. The molecule has 59 valence electrons. The van der Waals surface area contributed by atoms with Gasteiger partial charge in [0.05, 0.1) is 0 Å². The van der Waals surface area contributed by atoms with Crippen LogP contribution >= 0.6 is 0 Å². The first-order chi connectivity index (χ1) is 5.86. The van der Waals surface area contributed by atoms with Gasteiger partial charge in [-0.3, -0.25) is 4.98 Å². The summed E-state index contributed by atoms with van der Waals surface area (Å²) in [6.45, 7) is 1.92. The molecular weight excluding hydrogens is 154 g/mol. The number of hydrogen-bond donors (Lipinski definition) is 0. The van der Waals surface area contributed by atoms with Gasteiger partial charge in [-0.2, -0.15) is 4.98 Å². The van der Waals surface area contributed by atoms with Gasteiger partial charge in [0.15, 0.2) is 0 Å². The number of aryl methyl sites for hydroxylation is 1. The topological polar surface area (TPSA) is 51.8 Å². The van der Waals surface area contributed by atoms with Gasteiger partial charge in [-0.25, -0.2) is 0 Å². The van der Waals surface area contributed by atoms with E-state index in [9.17, 15) is 0 Å². The summed E-state index contributed by atoms with van der Waals surface area (Å²) in [5, 5.41) is 3.63. The van der Waals surface area contributed by atoms with Crippen molar-refractivity contribution in [3.63, 3.8) is 0 Å². The Balaban J connectivity index is 2.43. The van der Waals surface area contributed by atoms with Crippen molar-refractivity contribution in [1.82, 2.24) is 15.1 Å². The fraction of sp³-hybridized carbons (Fsp3) is 0.125. The second-order valence-corrected chi connectivity index (χ2v) is 2.40. The molecule has 0 amide bonds. The van der Waals surface area contributed by atoms with E-state index >= 15 is 0 Å². The normalized spacial score (nSPS) is 10.1. The van der Waals surface area contributed by atoms with Crippen molar-refractivity contribution >= 4 is 0 Å². The number of nitrogens with zero attached hydrogens (tertiary/aromatic N) is 3. The van der Waals surface area contributed by atoms with Crippen LogP contribution in [0.25, 0.3) is 11.4 Å². The first-order valence-electron chi connectivity index (χ1n) is 3.49. The van der Waals surface area contributed by atoms with Gasteiger partial charge in [-0.05, 0) is 19.1 Å². The van der Waals surface area contributed by atoms with E-state index in [0.717, 1.165) is 11.3 Å². The SMILES string of the molecule is Cc1ccc(-c2n[c]on2)cn1. The van der Waals surface area contributed by atoms with Crippen LogP contribution in [0, 0.1) is 13.3 Å². The summed E-state index contributed by atoms with van der Waals surface area (Å²) in [6.07, 6.45) is 3.98. The average molecular weight is 160 g/mol. The van der Waals surface area contributed by atoms with E-state index in [2.05, 4.69) is 26.0 Å². The lowest BCUT2D eigenvalue weighted by Gasteiger charge is -1.92. The van der Waals surface area contributed by atoms with Gasteiger partial charge in [-0.1, -0.05) is 5.16 Å². The molecule has 0 unspecified atom stereocenters. The summed E-state index contributed by atoms with van der Waals surface area (Å²) in [5.41, 5.74) is 1.80. The standard InChI is InChI=1S/C8H6N3O/c1-6-2-3-7(4-9-6)8-10-5-12-11-8/h2-4H,1H3. The molecule has 4 heteroatoms. The van der Waals surface area contributed by atoms with Gasteiger partial charge in [0, 0.05) is 17.5 Å². The lowest BCUT2D eigenvalue weighted by Crippen LogP contribution is -1.83. The zero-order chi connectivity index (χ0) is 8.39. The number of aromatic nitrogens is 3. The Kier molecular flexibility index (Phi) is 1.59. The summed E-state index contributed by atoms with van der Waals surface area (Å²) in [6, 6.07) is 3.78. The van der Waals surface area contributed by atoms with Crippen LogP contribution in [0.1, 0.15) is 5.69 Å². The smallest absolute Gasteiger partial charge is 0.316 e. The summed E-state index contributed by atoms with van der Waals surface area (Å²) in [7, 11) is 0.